The SMILES string of the molecule is COc1cccc2c1C1=C(C(Cc3ccc(N(C)C)cc3)C2)C2C(C)=CC(C)(C)NC2C=C1. The van der Waals surface area contributed by atoms with Gasteiger partial charge in [-0.15, -0.1) is 0 Å². The van der Waals surface area contributed by atoms with Crippen LogP contribution in [0.2, 0.25) is 0 Å². The van der Waals surface area contributed by atoms with Crippen LogP contribution >= 0.6 is 0 Å². The first-order chi connectivity index (χ1) is 15.8. The fraction of sp³-hybridized carbons (Fsp3) is 0.400. The van der Waals surface area contributed by atoms with Crippen molar-refractivity contribution in [2.45, 2.75) is 45.2 Å². The zero-order valence-electron chi connectivity index (χ0n) is 20.8. The van der Waals surface area contributed by atoms with Gasteiger partial charge >= 0.3 is 0 Å². The largest absolute Gasteiger partial charge is 0.496 e. The van der Waals surface area contributed by atoms with Crippen molar-refractivity contribution in [3.05, 3.63) is 88.5 Å². The van der Waals surface area contributed by atoms with Gasteiger partial charge in [0.15, 0.2) is 0 Å². The molecule has 33 heavy (non-hydrogen) atoms. The molecule has 0 amide bonds. The second-order valence-corrected chi connectivity index (χ2v) is 10.6. The molecule has 1 heterocycles. The van der Waals surface area contributed by atoms with Crippen LogP contribution in [0, 0.1) is 11.8 Å². The molecule has 0 fully saturated rings. The van der Waals surface area contributed by atoms with Crippen molar-refractivity contribution in [3.63, 3.8) is 0 Å². The maximum absolute atomic E-state index is 5.84. The van der Waals surface area contributed by atoms with E-state index in [0.717, 1.165) is 18.6 Å². The van der Waals surface area contributed by atoms with Crippen molar-refractivity contribution in [2.24, 2.45) is 11.8 Å². The van der Waals surface area contributed by atoms with Crippen molar-refractivity contribution in [3.8, 4) is 5.75 Å². The summed E-state index contributed by atoms with van der Waals surface area (Å²) in [7, 11) is 5.98. The molecule has 3 aliphatic rings. The molecule has 1 aliphatic heterocycles. The Labute approximate surface area is 198 Å². The van der Waals surface area contributed by atoms with Gasteiger partial charge in [-0.1, -0.05) is 48.1 Å². The maximum atomic E-state index is 5.84. The summed E-state index contributed by atoms with van der Waals surface area (Å²) >= 11 is 0. The van der Waals surface area contributed by atoms with E-state index < -0.39 is 0 Å². The van der Waals surface area contributed by atoms with Gasteiger partial charge in [-0.05, 0) is 80.0 Å². The molecule has 0 aromatic heterocycles. The molecule has 3 atom stereocenters. The fourth-order valence-electron chi connectivity index (χ4n) is 6.25. The van der Waals surface area contributed by atoms with Crippen LogP contribution in [-0.4, -0.2) is 32.8 Å². The minimum Gasteiger partial charge on any atom is -0.496 e. The molecule has 0 saturated carbocycles. The normalized spacial score (nSPS) is 25.0. The zero-order chi connectivity index (χ0) is 23.3. The van der Waals surface area contributed by atoms with E-state index in [4.69, 9.17) is 4.74 Å². The summed E-state index contributed by atoms with van der Waals surface area (Å²) in [5.41, 5.74) is 9.78. The number of hydrogen-bond acceptors (Lipinski definition) is 3. The Morgan fingerprint density at radius 3 is 2.55 bits per heavy atom. The summed E-state index contributed by atoms with van der Waals surface area (Å²) in [6.07, 6.45) is 9.27. The molecule has 3 nitrogen and oxygen atoms in total. The van der Waals surface area contributed by atoms with Crippen LogP contribution in [-0.2, 0) is 12.8 Å². The van der Waals surface area contributed by atoms with E-state index in [0.29, 0.717) is 17.9 Å². The lowest BCUT2D eigenvalue weighted by Crippen LogP contribution is -2.53. The first-order valence-electron chi connectivity index (χ1n) is 12.1. The highest BCUT2D eigenvalue weighted by Gasteiger charge is 2.42. The highest BCUT2D eigenvalue weighted by Crippen LogP contribution is 2.50. The molecule has 3 heteroatoms. The van der Waals surface area contributed by atoms with E-state index in [1.54, 1.807) is 12.7 Å². The van der Waals surface area contributed by atoms with Crippen LogP contribution in [0.15, 0.2) is 71.8 Å². The highest BCUT2D eigenvalue weighted by atomic mass is 16.5. The zero-order valence-corrected chi connectivity index (χ0v) is 20.8. The summed E-state index contributed by atoms with van der Waals surface area (Å²) in [4.78, 5) is 2.16. The fourth-order valence-corrected chi connectivity index (χ4v) is 6.25. The van der Waals surface area contributed by atoms with Crippen molar-refractivity contribution in [1.29, 1.82) is 0 Å². The molecular weight excluding hydrogens is 404 g/mol. The quantitative estimate of drug-likeness (QED) is 0.607. The van der Waals surface area contributed by atoms with Crippen LogP contribution in [0.3, 0.4) is 0 Å². The van der Waals surface area contributed by atoms with Crippen molar-refractivity contribution in [1.82, 2.24) is 5.32 Å². The number of rotatable bonds is 4. The molecule has 2 aromatic rings. The van der Waals surface area contributed by atoms with Gasteiger partial charge in [-0.3, -0.25) is 0 Å². The number of benzene rings is 2. The predicted molar refractivity (Wildman–Crippen MR) is 139 cm³/mol. The molecule has 1 N–H and O–H groups in total. The molecular formula is C30H36N2O. The van der Waals surface area contributed by atoms with E-state index in [1.807, 2.05) is 0 Å². The molecule has 0 radical (unpaired) electrons. The number of hydrogen-bond donors (Lipinski definition) is 1. The number of anilines is 1. The Hall–Kier alpha value is -2.78. The molecule has 2 aliphatic carbocycles. The third kappa shape index (κ3) is 3.93. The molecule has 0 saturated heterocycles. The number of nitrogens with zero attached hydrogens (tertiary/aromatic N) is 1. The van der Waals surface area contributed by atoms with Crippen LogP contribution in [0.5, 0.6) is 5.75 Å². The van der Waals surface area contributed by atoms with E-state index in [1.165, 1.54) is 33.5 Å². The number of ether oxygens (including phenoxy) is 1. The summed E-state index contributed by atoms with van der Waals surface area (Å²) < 4.78 is 5.84. The smallest absolute Gasteiger partial charge is 0.126 e. The maximum Gasteiger partial charge on any atom is 0.126 e. The Bertz CT molecular complexity index is 1150. The van der Waals surface area contributed by atoms with E-state index in [9.17, 15) is 0 Å². The third-order valence-corrected chi connectivity index (χ3v) is 7.54. The minimum absolute atomic E-state index is 0.00935. The van der Waals surface area contributed by atoms with Gasteiger partial charge in [0.05, 0.1) is 7.11 Å². The Kier molecular flexibility index (Phi) is 5.49. The van der Waals surface area contributed by atoms with Gasteiger partial charge in [-0.2, -0.15) is 0 Å². The summed E-state index contributed by atoms with van der Waals surface area (Å²) in [5.74, 6) is 1.85. The van der Waals surface area contributed by atoms with E-state index >= 15 is 0 Å². The lowest BCUT2D eigenvalue weighted by molar-refractivity contribution is 0.340. The monoisotopic (exact) mass is 440 g/mol. The third-order valence-electron chi connectivity index (χ3n) is 7.54. The van der Waals surface area contributed by atoms with Crippen LogP contribution in [0.25, 0.3) is 5.57 Å². The van der Waals surface area contributed by atoms with Crippen molar-refractivity contribution >= 4 is 11.3 Å². The Balaban J connectivity index is 1.62. The molecule has 5 rings (SSSR count). The minimum atomic E-state index is 0.00935. The van der Waals surface area contributed by atoms with Crippen molar-refractivity contribution in [2.75, 3.05) is 26.1 Å². The second kappa shape index (κ2) is 8.22. The van der Waals surface area contributed by atoms with Crippen molar-refractivity contribution < 1.29 is 4.74 Å². The van der Waals surface area contributed by atoms with Gasteiger partial charge in [0.2, 0.25) is 0 Å². The Morgan fingerprint density at radius 1 is 1.09 bits per heavy atom. The standard InChI is InChI=1S/C30H36N2O/c1-19-18-30(2,3)31-25-15-14-24-28-21(8-7-9-26(28)33-6)17-22(29(24)27(19)25)16-20-10-12-23(13-11-20)32(4)5/h7-15,18,22,25,27,31H,16-17H2,1-6H3. The lowest BCUT2D eigenvalue weighted by Gasteiger charge is -2.46. The number of nitrogens with one attached hydrogen (secondary N) is 1. The average Bonchev–Trinajstić information content (AvgIpc) is 2.77. The summed E-state index contributed by atoms with van der Waals surface area (Å²) in [6, 6.07) is 15.9. The molecule has 172 valence electrons. The molecule has 2 aromatic carbocycles. The first-order valence-corrected chi connectivity index (χ1v) is 12.1. The molecule has 0 bridgehead atoms. The summed E-state index contributed by atoms with van der Waals surface area (Å²) in [5, 5.41) is 3.88. The predicted octanol–water partition coefficient (Wildman–Crippen LogP) is 5.81. The van der Waals surface area contributed by atoms with Crippen LogP contribution in [0.1, 0.15) is 37.5 Å². The highest BCUT2D eigenvalue weighted by molar-refractivity contribution is 5.86. The van der Waals surface area contributed by atoms with Crippen LogP contribution in [0.4, 0.5) is 5.69 Å². The number of fused-ring (bicyclic) bond motifs is 4. The van der Waals surface area contributed by atoms with Gasteiger partial charge < -0.3 is 15.0 Å². The molecule has 3 unspecified atom stereocenters. The van der Waals surface area contributed by atoms with E-state index in [2.05, 4.69) is 106 Å². The number of allylic oxidation sites excluding steroid dienone is 2. The van der Waals surface area contributed by atoms with Crippen LogP contribution < -0.4 is 15.0 Å². The topological polar surface area (TPSA) is 24.5 Å². The Morgan fingerprint density at radius 2 is 1.85 bits per heavy atom. The van der Waals surface area contributed by atoms with Gasteiger partial charge in [0.1, 0.15) is 5.75 Å². The van der Waals surface area contributed by atoms with Gasteiger partial charge in [-0.25, -0.2) is 0 Å². The average molecular weight is 441 g/mol. The van der Waals surface area contributed by atoms with E-state index in [-0.39, 0.29) is 5.54 Å². The van der Waals surface area contributed by atoms with Gasteiger partial charge in [0.25, 0.3) is 0 Å². The first kappa shape index (κ1) is 22.0. The van der Waals surface area contributed by atoms with Gasteiger partial charge in [0, 0.05) is 42.8 Å². The lowest BCUT2D eigenvalue weighted by atomic mass is 9.64. The second-order valence-electron chi connectivity index (χ2n) is 10.6. The number of methoxy groups -OCH3 is 1. The summed E-state index contributed by atoms with van der Waals surface area (Å²) in [6.45, 7) is 6.87. The molecule has 0 spiro atoms.